The lowest BCUT2D eigenvalue weighted by Crippen LogP contribution is -2.38. The van der Waals surface area contributed by atoms with Crippen LogP contribution >= 0.6 is 0 Å². The molecule has 5 heterocycles. The molecule has 3 aromatic heterocycles. The number of methoxy groups -OCH3 is 2. The molecule has 10 nitrogen and oxygen atoms in total. The molecule has 0 spiro atoms. The number of furan rings is 1. The molecular weight excluding hydrogens is 448 g/mol. The van der Waals surface area contributed by atoms with Crippen LogP contribution in [0.4, 0.5) is 5.95 Å². The van der Waals surface area contributed by atoms with Crippen LogP contribution in [0.1, 0.15) is 16.7 Å². The Morgan fingerprint density at radius 3 is 2.57 bits per heavy atom. The SMILES string of the molecule is COc1cc2c(cc1OC)CN(Cc1cnc(N3CCOCC3)n3nc(-c4ccco4)nc13)CC2. The monoisotopic (exact) mass is 476 g/mol. The summed E-state index contributed by atoms with van der Waals surface area (Å²) >= 11 is 0. The lowest BCUT2D eigenvalue weighted by atomic mass is 9.98. The summed E-state index contributed by atoms with van der Waals surface area (Å²) < 4.78 is 24.0. The van der Waals surface area contributed by atoms with E-state index < -0.39 is 0 Å². The number of fused-ring (bicyclic) bond motifs is 2. The third-order valence-corrected chi connectivity index (χ3v) is 6.65. The van der Waals surface area contributed by atoms with Gasteiger partial charge >= 0.3 is 0 Å². The van der Waals surface area contributed by atoms with E-state index in [1.807, 2.05) is 22.8 Å². The van der Waals surface area contributed by atoms with Crippen molar-refractivity contribution in [3.05, 3.63) is 53.4 Å². The maximum Gasteiger partial charge on any atom is 0.228 e. The second kappa shape index (κ2) is 9.20. The molecule has 0 atom stereocenters. The summed E-state index contributed by atoms with van der Waals surface area (Å²) in [5.41, 5.74) is 4.37. The van der Waals surface area contributed by atoms with E-state index >= 15 is 0 Å². The first-order valence-corrected chi connectivity index (χ1v) is 11.8. The maximum atomic E-state index is 5.58. The Bertz CT molecular complexity index is 1330. The van der Waals surface area contributed by atoms with E-state index in [0.717, 1.165) is 61.3 Å². The fraction of sp³-hybridized carbons (Fsp3) is 0.400. The second-order valence-corrected chi connectivity index (χ2v) is 8.77. The zero-order valence-electron chi connectivity index (χ0n) is 19.9. The number of nitrogens with zero attached hydrogens (tertiary/aromatic N) is 6. The Hall–Kier alpha value is -3.63. The lowest BCUT2D eigenvalue weighted by molar-refractivity contribution is 0.122. The average molecular weight is 477 g/mol. The Kier molecular flexibility index (Phi) is 5.75. The van der Waals surface area contributed by atoms with E-state index in [0.29, 0.717) is 31.3 Å². The molecule has 0 radical (unpaired) electrons. The smallest absolute Gasteiger partial charge is 0.228 e. The van der Waals surface area contributed by atoms with Crippen LogP contribution in [0.15, 0.2) is 41.1 Å². The van der Waals surface area contributed by atoms with Gasteiger partial charge in [0.05, 0.1) is 33.7 Å². The Morgan fingerprint density at radius 1 is 1.03 bits per heavy atom. The standard InChI is InChI=1S/C25H28N6O4/c1-32-21-12-17-5-6-29(15-18(17)13-22(21)33-2)16-19-14-26-25(30-7-10-34-11-8-30)31-24(19)27-23(28-31)20-4-3-9-35-20/h3-4,9,12-14H,5-8,10-11,15-16H2,1-2H3. The summed E-state index contributed by atoms with van der Waals surface area (Å²) in [6.45, 7) is 5.34. The molecule has 2 aliphatic rings. The average Bonchev–Trinajstić information content (AvgIpc) is 3.59. The van der Waals surface area contributed by atoms with Crippen LogP contribution in [-0.2, 0) is 24.2 Å². The molecule has 0 N–H and O–H groups in total. The minimum absolute atomic E-state index is 0.555. The van der Waals surface area contributed by atoms with Crippen LogP contribution in [-0.4, -0.2) is 71.5 Å². The lowest BCUT2D eigenvalue weighted by Gasteiger charge is -2.30. The van der Waals surface area contributed by atoms with Gasteiger partial charge in [-0.1, -0.05) is 0 Å². The van der Waals surface area contributed by atoms with Crippen molar-refractivity contribution in [2.75, 3.05) is 52.0 Å². The number of hydrogen-bond donors (Lipinski definition) is 0. The third kappa shape index (κ3) is 4.08. The fourth-order valence-electron chi connectivity index (χ4n) is 4.83. The van der Waals surface area contributed by atoms with Crippen LogP contribution in [0, 0.1) is 0 Å². The van der Waals surface area contributed by atoms with Crippen molar-refractivity contribution in [2.24, 2.45) is 0 Å². The molecule has 182 valence electrons. The molecule has 35 heavy (non-hydrogen) atoms. The van der Waals surface area contributed by atoms with E-state index in [-0.39, 0.29) is 0 Å². The number of morpholine rings is 1. The molecule has 2 aliphatic heterocycles. The second-order valence-electron chi connectivity index (χ2n) is 8.77. The first kappa shape index (κ1) is 21.9. The Labute approximate surface area is 203 Å². The van der Waals surface area contributed by atoms with Crippen molar-refractivity contribution in [1.29, 1.82) is 0 Å². The van der Waals surface area contributed by atoms with Crippen molar-refractivity contribution >= 4 is 11.6 Å². The predicted molar refractivity (Wildman–Crippen MR) is 129 cm³/mol. The highest BCUT2D eigenvalue weighted by Crippen LogP contribution is 2.34. The summed E-state index contributed by atoms with van der Waals surface area (Å²) in [6.07, 6.45) is 4.51. The zero-order valence-corrected chi connectivity index (χ0v) is 19.9. The fourth-order valence-corrected chi connectivity index (χ4v) is 4.83. The molecule has 1 aromatic carbocycles. The number of aromatic nitrogens is 4. The molecule has 1 saturated heterocycles. The van der Waals surface area contributed by atoms with Crippen LogP contribution in [0.2, 0.25) is 0 Å². The van der Waals surface area contributed by atoms with E-state index in [9.17, 15) is 0 Å². The topological polar surface area (TPSA) is 90.4 Å². The highest BCUT2D eigenvalue weighted by molar-refractivity contribution is 5.58. The van der Waals surface area contributed by atoms with Crippen molar-refractivity contribution in [2.45, 2.75) is 19.5 Å². The highest BCUT2D eigenvalue weighted by Gasteiger charge is 2.24. The molecule has 0 bridgehead atoms. The van der Waals surface area contributed by atoms with E-state index in [1.165, 1.54) is 11.1 Å². The van der Waals surface area contributed by atoms with Crippen LogP contribution < -0.4 is 14.4 Å². The van der Waals surface area contributed by atoms with Gasteiger partial charge in [-0.25, -0.2) is 9.97 Å². The molecular formula is C25H28N6O4. The number of anilines is 1. The van der Waals surface area contributed by atoms with Gasteiger partial charge in [0.15, 0.2) is 22.9 Å². The molecule has 0 saturated carbocycles. The predicted octanol–water partition coefficient (Wildman–Crippen LogP) is 2.80. The number of hydrogen-bond acceptors (Lipinski definition) is 9. The van der Waals surface area contributed by atoms with E-state index in [1.54, 1.807) is 20.5 Å². The van der Waals surface area contributed by atoms with Gasteiger partial charge in [0, 0.05) is 44.5 Å². The normalized spacial score (nSPS) is 16.5. The molecule has 0 amide bonds. The quantitative estimate of drug-likeness (QED) is 0.417. The first-order valence-electron chi connectivity index (χ1n) is 11.8. The third-order valence-electron chi connectivity index (χ3n) is 6.65. The number of ether oxygens (including phenoxy) is 3. The van der Waals surface area contributed by atoms with Crippen LogP contribution in [0.5, 0.6) is 11.5 Å². The summed E-state index contributed by atoms with van der Waals surface area (Å²) in [7, 11) is 3.35. The molecule has 4 aromatic rings. The summed E-state index contributed by atoms with van der Waals surface area (Å²) in [6, 6.07) is 7.90. The number of benzene rings is 1. The maximum absolute atomic E-state index is 5.58. The van der Waals surface area contributed by atoms with Gasteiger partial charge in [-0.15, -0.1) is 5.10 Å². The largest absolute Gasteiger partial charge is 0.493 e. The van der Waals surface area contributed by atoms with Crippen molar-refractivity contribution in [3.63, 3.8) is 0 Å². The Morgan fingerprint density at radius 2 is 1.83 bits per heavy atom. The minimum atomic E-state index is 0.555. The van der Waals surface area contributed by atoms with Gasteiger partial charge in [-0.05, 0) is 41.8 Å². The summed E-state index contributed by atoms with van der Waals surface area (Å²) in [4.78, 5) is 14.3. The molecule has 0 aliphatic carbocycles. The van der Waals surface area contributed by atoms with Crippen molar-refractivity contribution in [1.82, 2.24) is 24.5 Å². The summed E-state index contributed by atoms with van der Waals surface area (Å²) in [5, 5.41) is 4.78. The highest BCUT2D eigenvalue weighted by atomic mass is 16.5. The van der Waals surface area contributed by atoms with E-state index in [4.69, 9.17) is 33.7 Å². The van der Waals surface area contributed by atoms with Gasteiger partial charge in [0.25, 0.3) is 0 Å². The zero-order chi connectivity index (χ0) is 23.8. The van der Waals surface area contributed by atoms with Gasteiger partial charge < -0.3 is 23.5 Å². The van der Waals surface area contributed by atoms with Crippen molar-refractivity contribution in [3.8, 4) is 23.1 Å². The first-order chi connectivity index (χ1) is 17.2. The van der Waals surface area contributed by atoms with Gasteiger partial charge in [-0.2, -0.15) is 4.52 Å². The van der Waals surface area contributed by atoms with Crippen molar-refractivity contribution < 1.29 is 18.6 Å². The molecule has 10 heteroatoms. The van der Waals surface area contributed by atoms with Gasteiger partial charge in [-0.3, -0.25) is 4.90 Å². The van der Waals surface area contributed by atoms with Crippen LogP contribution in [0.3, 0.4) is 0 Å². The van der Waals surface area contributed by atoms with Crippen LogP contribution in [0.25, 0.3) is 17.2 Å². The Balaban J connectivity index is 1.33. The number of rotatable bonds is 6. The molecule has 6 rings (SSSR count). The molecule has 0 unspecified atom stereocenters. The van der Waals surface area contributed by atoms with E-state index in [2.05, 4.69) is 21.9 Å². The van der Waals surface area contributed by atoms with Gasteiger partial charge in [0.2, 0.25) is 11.8 Å². The summed E-state index contributed by atoms with van der Waals surface area (Å²) in [5.74, 6) is 3.50. The minimum Gasteiger partial charge on any atom is -0.493 e. The molecule has 1 fully saturated rings. The van der Waals surface area contributed by atoms with Gasteiger partial charge in [0.1, 0.15) is 0 Å².